The van der Waals surface area contributed by atoms with E-state index in [1.54, 1.807) is 11.8 Å². The predicted octanol–water partition coefficient (Wildman–Crippen LogP) is 2.75. The van der Waals surface area contributed by atoms with Crippen LogP contribution in [0.3, 0.4) is 0 Å². The van der Waals surface area contributed by atoms with Crippen molar-refractivity contribution in [2.45, 2.75) is 38.6 Å². The SMILES string of the molecule is CCCC(C)(N)C(=O)N1CCc2c(Cl)cccc21. The minimum Gasteiger partial charge on any atom is -0.318 e. The lowest BCUT2D eigenvalue weighted by Gasteiger charge is -2.29. The van der Waals surface area contributed by atoms with Crippen LogP contribution in [0.15, 0.2) is 18.2 Å². The highest BCUT2D eigenvalue weighted by atomic mass is 35.5. The number of hydrogen-bond acceptors (Lipinski definition) is 2. The monoisotopic (exact) mass is 266 g/mol. The van der Waals surface area contributed by atoms with Crippen LogP contribution in [0.2, 0.25) is 5.02 Å². The number of hydrogen-bond donors (Lipinski definition) is 1. The molecule has 1 aromatic rings. The van der Waals surface area contributed by atoms with Crippen molar-refractivity contribution in [3.63, 3.8) is 0 Å². The van der Waals surface area contributed by atoms with Crippen molar-refractivity contribution in [1.29, 1.82) is 0 Å². The molecule has 0 fully saturated rings. The van der Waals surface area contributed by atoms with Gasteiger partial charge in [0.2, 0.25) is 5.91 Å². The molecular formula is C14H19ClN2O. The number of amides is 1. The van der Waals surface area contributed by atoms with E-state index in [-0.39, 0.29) is 5.91 Å². The zero-order chi connectivity index (χ0) is 13.3. The summed E-state index contributed by atoms with van der Waals surface area (Å²) in [6, 6.07) is 5.68. The number of anilines is 1. The molecule has 0 bridgehead atoms. The topological polar surface area (TPSA) is 46.3 Å². The van der Waals surface area contributed by atoms with Gasteiger partial charge in [0, 0.05) is 17.3 Å². The van der Waals surface area contributed by atoms with Crippen molar-refractivity contribution in [2.75, 3.05) is 11.4 Å². The first-order valence-electron chi connectivity index (χ1n) is 6.35. The molecule has 3 nitrogen and oxygen atoms in total. The van der Waals surface area contributed by atoms with Crippen molar-refractivity contribution in [3.05, 3.63) is 28.8 Å². The highest BCUT2D eigenvalue weighted by Crippen LogP contribution is 2.34. The predicted molar refractivity (Wildman–Crippen MR) is 75.0 cm³/mol. The van der Waals surface area contributed by atoms with Crippen LogP contribution in [0.4, 0.5) is 5.69 Å². The maximum Gasteiger partial charge on any atom is 0.246 e. The number of nitrogens with zero attached hydrogens (tertiary/aromatic N) is 1. The summed E-state index contributed by atoms with van der Waals surface area (Å²) < 4.78 is 0. The van der Waals surface area contributed by atoms with Gasteiger partial charge in [-0.25, -0.2) is 0 Å². The average molecular weight is 267 g/mol. The third-order valence-electron chi connectivity index (χ3n) is 3.47. The molecule has 0 aromatic heterocycles. The molecule has 1 heterocycles. The van der Waals surface area contributed by atoms with Gasteiger partial charge in [0.15, 0.2) is 0 Å². The molecule has 0 radical (unpaired) electrons. The van der Waals surface area contributed by atoms with Gasteiger partial charge >= 0.3 is 0 Å². The Morgan fingerprint density at radius 3 is 2.94 bits per heavy atom. The molecule has 1 amide bonds. The van der Waals surface area contributed by atoms with Gasteiger partial charge < -0.3 is 10.6 Å². The Kier molecular flexibility index (Phi) is 3.64. The van der Waals surface area contributed by atoms with Gasteiger partial charge in [-0.3, -0.25) is 4.79 Å². The van der Waals surface area contributed by atoms with Crippen molar-refractivity contribution in [3.8, 4) is 0 Å². The molecule has 1 unspecified atom stereocenters. The van der Waals surface area contributed by atoms with Crippen LogP contribution in [-0.4, -0.2) is 18.0 Å². The van der Waals surface area contributed by atoms with Crippen LogP contribution in [0.1, 0.15) is 32.3 Å². The quantitative estimate of drug-likeness (QED) is 0.914. The zero-order valence-corrected chi connectivity index (χ0v) is 11.6. The van der Waals surface area contributed by atoms with Gasteiger partial charge in [0.1, 0.15) is 0 Å². The van der Waals surface area contributed by atoms with E-state index >= 15 is 0 Å². The molecule has 1 aromatic carbocycles. The lowest BCUT2D eigenvalue weighted by molar-refractivity contribution is -0.123. The maximum absolute atomic E-state index is 12.5. The number of benzene rings is 1. The Hall–Kier alpha value is -1.06. The van der Waals surface area contributed by atoms with E-state index in [1.807, 2.05) is 25.1 Å². The third-order valence-corrected chi connectivity index (χ3v) is 3.83. The molecule has 0 spiro atoms. The number of rotatable bonds is 3. The number of halogens is 1. The van der Waals surface area contributed by atoms with E-state index in [1.165, 1.54) is 0 Å². The van der Waals surface area contributed by atoms with Gasteiger partial charge in [-0.05, 0) is 37.5 Å². The lowest BCUT2D eigenvalue weighted by Crippen LogP contribution is -2.53. The van der Waals surface area contributed by atoms with Crippen molar-refractivity contribution in [2.24, 2.45) is 5.73 Å². The van der Waals surface area contributed by atoms with E-state index in [4.69, 9.17) is 17.3 Å². The molecule has 0 aliphatic carbocycles. The summed E-state index contributed by atoms with van der Waals surface area (Å²) in [5.41, 5.74) is 7.30. The molecule has 18 heavy (non-hydrogen) atoms. The number of fused-ring (bicyclic) bond motifs is 1. The average Bonchev–Trinajstić information content (AvgIpc) is 2.73. The second-order valence-electron chi connectivity index (χ2n) is 5.11. The van der Waals surface area contributed by atoms with Crippen LogP contribution in [-0.2, 0) is 11.2 Å². The van der Waals surface area contributed by atoms with Crippen molar-refractivity contribution < 1.29 is 4.79 Å². The Morgan fingerprint density at radius 2 is 2.28 bits per heavy atom. The molecule has 98 valence electrons. The fourth-order valence-electron chi connectivity index (χ4n) is 2.54. The highest BCUT2D eigenvalue weighted by Gasteiger charge is 2.35. The summed E-state index contributed by atoms with van der Waals surface area (Å²) in [6.07, 6.45) is 2.40. The lowest BCUT2D eigenvalue weighted by atomic mass is 9.95. The largest absolute Gasteiger partial charge is 0.318 e. The van der Waals surface area contributed by atoms with Crippen LogP contribution in [0.25, 0.3) is 0 Å². The minimum atomic E-state index is -0.793. The molecule has 1 aliphatic rings. The first-order chi connectivity index (χ1) is 8.47. The molecule has 1 aliphatic heterocycles. The van der Waals surface area contributed by atoms with E-state index in [9.17, 15) is 4.79 Å². The zero-order valence-electron chi connectivity index (χ0n) is 10.9. The first kappa shape index (κ1) is 13.4. The smallest absolute Gasteiger partial charge is 0.246 e. The fourth-order valence-corrected chi connectivity index (χ4v) is 2.80. The van der Waals surface area contributed by atoms with Crippen LogP contribution in [0, 0.1) is 0 Å². The fraction of sp³-hybridized carbons (Fsp3) is 0.500. The summed E-state index contributed by atoms with van der Waals surface area (Å²) >= 11 is 6.15. The molecular weight excluding hydrogens is 248 g/mol. The number of carbonyl (C=O) groups excluding carboxylic acids is 1. The van der Waals surface area contributed by atoms with Crippen LogP contribution >= 0.6 is 11.6 Å². The van der Waals surface area contributed by atoms with Gasteiger partial charge in [-0.15, -0.1) is 0 Å². The van der Waals surface area contributed by atoms with Crippen molar-refractivity contribution in [1.82, 2.24) is 0 Å². The number of nitrogens with two attached hydrogens (primary N) is 1. The Bertz CT molecular complexity index is 471. The van der Waals surface area contributed by atoms with Crippen LogP contribution in [0.5, 0.6) is 0 Å². The van der Waals surface area contributed by atoms with Crippen molar-refractivity contribution >= 4 is 23.2 Å². The normalized spacial score (nSPS) is 17.4. The summed E-state index contributed by atoms with van der Waals surface area (Å²) in [5.74, 6) is -0.00892. The Labute approximate surface area is 113 Å². The Balaban J connectivity index is 2.29. The molecule has 0 saturated heterocycles. The summed E-state index contributed by atoms with van der Waals surface area (Å²) in [7, 11) is 0. The summed E-state index contributed by atoms with van der Waals surface area (Å²) in [5, 5.41) is 0.733. The highest BCUT2D eigenvalue weighted by molar-refractivity contribution is 6.32. The molecule has 4 heteroatoms. The number of carbonyl (C=O) groups is 1. The van der Waals surface area contributed by atoms with E-state index < -0.39 is 5.54 Å². The van der Waals surface area contributed by atoms with E-state index in [0.717, 1.165) is 29.1 Å². The second kappa shape index (κ2) is 4.90. The van der Waals surface area contributed by atoms with E-state index in [2.05, 4.69) is 0 Å². The third kappa shape index (κ3) is 2.25. The van der Waals surface area contributed by atoms with Gasteiger partial charge in [-0.2, -0.15) is 0 Å². The summed E-state index contributed by atoms with van der Waals surface area (Å²) in [4.78, 5) is 14.3. The molecule has 1 atom stereocenters. The molecule has 2 rings (SSSR count). The first-order valence-corrected chi connectivity index (χ1v) is 6.73. The van der Waals surface area contributed by atoms with Gasteiger partial charge in [0.05, 0.1) is 5.54 Å². The standard InChI is InChI=1S/C14H19ClN2O/c1-3-8-14(2,16)13(18)17-9-7-10-11(15)5-4-6-12(10)17/h4-6H,3,7-9,16H2,1-2H3. The minimum absolute atomic E-state index is 0.00892. The molecule has 2 N–H and O–H groups in total. The second-order valence-corrected chi connectivity index (χ2v) is 5.52. The molecule has 0 saturated carbocycles. The van der Waals surface area contributed by atoms with Gasteiger partial charge in [-0.1, -0.05) is 31.0 Å². The van der Waals surface area contributed by atoms with E-state index in [0.29, 0.717) is 13.0 Å². The van der Waals surface area contributed by atoms with Gasteiger partial charge in [0.25, 0.3) is 0 Å². The summed E-state index contributed by atoms with van der Waals surface area (Å²) in [6.45, 7) is 4.52. The Morgan fingerprint density at radius 1 is 1.56 bits per heavy atom. The van der Waals surface area contributed by atoms with Crippen LogP contribution < -0.4 is 10.6 Å². The maximum atomic E-state index is 12.5.